The number of nitrogens with zero attached hydrogens (tertiary/aromatic N) is 4. The lowest BCUT2D eigenvalue weighted by atomic mass is 10.2. The third kappa shape index (κ3) is 1.60. The molecule has 0 bridgehead atoms. The second-order valence-corrected chi connectivity index (χ2v) is 4.76. The molecular formula is C11H11N5OS. The Balaban J connectivity index is 2.19. The quantitative estimate of drug-likeness (QED) is 0.711. The maximum Gasteiger partial charge on any atom is 0.234 e. The lowest BCUT2D eigenvalue weighted by Crippen LogP contribution is -1.93. The average molecular weight is 261 g/mol. The molecule has 0 amide bonds. The van der Waals surface area contributed by atoms with E-state index < -0.39 is 0 Å². The van der Waals surface area contributed by atoms with Crippen molar-refractivity contribution in [2.75, 3.05) is 12.8 Å². The number of hydrogen-bond donors (Lipinski definition) is 1. The maximum atomic E-state index is 5.74. The highest BCUT2D eigenvalue weighted by Gasteiger charge is 2.14. The number of methoxy groups -OCH3 is 1. The van der Waals surface area contributed by atoms with Crippen molar-refractivity contribution >= 4 is 22.0 Å². The molecule has 3 rings (SSSR count). The van der Waals surface area contributed by atoms with Gasteiger partial charge in [-0.05, 0) is 19.1 Å². The zero-order chi connectivity index (χ0) is 12.7. The van der Waals surface area contributed by atoms with Gasteiger partial charge in [-0.3, -0.25) is 0 Å². The van der Waals surface area contributed by atoms with Crippen LogP contribution in [0, 0.1) is 6.92 Å². The van der Waals surface area contributed by atoms with Crippen LogP contribution in [-0.2, 0) is 0 Å². The Labute approximate surface area is 107 Å². The molecular weight excluding hydrogens is 250 g/mol. The van der Waals surface area contributed by atoms with E-state index in [2.05, 4.69) is 15.3 Å². The Morgan fingerprint density at radius 1 is 1.33 bits per heavy atom. The molecule has 2 N–H and O–H groups in total. The largest absolute Gasteiger partial charge is 0.496 e. The molecule has 0 spiro atoms. The molecule has 92 valence electrons. The van der Waals surface area contributed by atoms with Crippen molar-refractivity contribution < 1.29 is 4.74 Å². The first kappa shape index (κ1) is 11.0. The monoisotopic (exact) mass is 261 g/mol. The van der Waals surface area contributed by atoms with Gasteiger partial charge in [0.05, 0.1) is 12.7 Å². The van der Waals surface area contributed by atoms with Crippen molar-refractivity contribution in [1.29, 1.82) is 0 Å². The number of anilines is 1. The van der Waals surface area contributed by atoms with Crippen molar-refractivity contribution in [3.05, 3.63) is 24.0 Å². The number of hydrogen-bond acceptors (Lipinski definition) is 6. The average Bonchev–Trinajstić information content (AvgIpc) is 2.92. The summed E-state index contributed by atoms with van der Waals surface area (Å²) in [5.74, 6) is 1.47. The standard InChI is InChI=1S/C11H11N5OS/c1-6-13-14-11-16(6)15-10(18-11)8-4-3-7(12)5-9(8)17-2/h3-5H,12H2,1-2H3. The molecule has 0 aliphatic rings. The van der Waals surface area contributed by atoms with Gasteiger partial charge >= 0.3 is 0 Å². The van der Waals surface area contributed by atoms with Gasteiger partial charge in [-0.1, -0.05) is 11.3 Å². The number of aryl methyl sites for hydroxylation is 1. The predicted octanol–water partition coefficient (Wildman–Crippen LogP) is 1.75. The van der Waals surface area contributed by atoms with Gasteiger partial charge in [0.25, 0.3) is 0 Å². The molecule has 1 aromatic carbocycles. The van der Waals surface area contributed by atoms with Gasteiger partial charge in [0.1, 0.15) is 5.75 Å². The summed E-state index contributed by atoms with van der Waals surface area (Å²) in [6.45, 7) is 1.86. The lowest BCUT2D eigenvalue weighted by molar-refractivity contribution is 0.416. The summed E-state index contributed by atoms with van der Waals surface area (Å²) in [4.78, 5) is 0.765. The fourth-order valence-corrected chi connectivity index (χ4v) is 2.62. The first-order valence-corrected chi connectivity index (χ1v) is 6.13. The minimum atomic E-state index is 0.662. The van der Waals surface area contributed by atoms with E-state index in [-0.39, 0.29) is 0 Å². The third-order valence-corrected chi connectivity index (χ3v) is 3.53. The second kappa shape index (κ2) is 3.95. The molecule has 0 aliphatic carbocycles. The van der Waals surface area contributed by atoms with Crippen LogP contribution in [0.1, 0.15) is 5.82 Å². The van der Waals surface area contributed by atoms with E-state index in [0.717, 1.165) is 21.4 Å². The number of benzene rings is 1. The molecule has 0 fully saturated rings. The zero-order valence-electron chi connectivity index (χ0n) is 9.91. The second-order valence-electron chi connectivity index (χ2n) is 3.81. The molecule has 0 saturated carbocycles. The molecule has 2 aromatic heterocycles. The van der Waals surface area contributed by atoms with Crippen LogP contribution in [-0.4, -0.2) is 26.9 Å². The van der Waals surface area contributed by atoms with Crippen LogP contribution in [0.15, 0.2) is 18.2 Å². The SMILES string of the molecule is COc1cc(N)ccc1-c1nn2c(C)nnc2s1. The van der Waals surface area contributed by atoms with Crippen molar-refractivity contribution in [2.24, 2.45) is 0 Å². The van der Waals surface area contributed by atoms with E-state index >= 15 is 0 Å². The van der Waals surface area contributed by atoms with Crippen molar-refractivity contribution in [1.82, 2.24) is 19.8 Å². The Morgan fingerprint density at radius 2 is 2.17 bits per heavy atom. The first-order chi connectivity index (χ1) is 8.69. The lowest BCUT2D eigenvalue weighted by Gasteiger charge is -2.06. The van der Waals surface area contributed by atoms with E-state index in [0.29, 0.717) is 11.4 Å². The van der Waals surface area contributed by atoms with Gasteiger partial charge in [0, 0.05) is 11.8 Å². The van der Waals surface area contributed by atoms with Gasteiger partial charge < -0.3 is 10.5 Å². The van der Waals surface area contributed by atoms with E-state index in [9.17, 15) is 0 Å². The summed E-state index contributed by atoms with van der Waals surface area (Å²) in [6.07, 6.45) is 0. The van der Waals surface area contributed by atoms with Crippen LogP contribution in [0.4, 0.5) is 5.69 Å². The molecule has 0 saturated heterocycles. The fraction of sp³-hybridized carbons (Fsp3) is 0.182. The Bertz CT molecular complexity index is 717. The molecule has 0 radical (unpaired) electrons. The van der Waals surface area contributed by atoms with E-state index in [4.69, 9.17) is 10.5 Å². The summed E-state index contributed by atoms with van der Waals surface area (Å²) >= 11 is 1.46. The summed E-state index contributed by atoms with van der Waals surface area (Å²) in [7, 11) is 1.61. The van der Waals surface area contributed by atoms with E-state index in [1.54, 1.807) is 17.7 Å². The van der Waals surface area contributed by atoms with Gasteiger partial charge in [0.15, 0.2) is 10.8 Å². The van der Waals surface area contributed by atoms with Crippen LogP contribution in [0.2, 0.25) is 0 Å². The molecule has 0 aliphatic heterocycles. The van der Waals surface area contributed by atoms with Crippen molar-refractivity contribution in [3.8, 4) is 16.3 Å². The van der Waals surface area contributed by atoms with Gasteiger partial charge in [-0.2, -0.15) is 9.61 Å². The van der Waals surface area contributed by atoms with Crippen LogP contribution >= 0.6 is 11.3 Å². The Hall–Kier alpha value is -2.15. The summed E-state index contributed by atoms with van der Waals surface area (Å²) in [5.41, 5.74) is 7.30. The maximum absolute atomic E-state index is 5.74. The molecule has 7 heteroatoms. The number of nitrogen functional groups attached to an aromatic ring is 1. The molecule has 3 aromatic rings. The number of fused-ring (bicyclic) bond motifs is 1. The Kier molecular flexibility index (Phi) is 2.41. The summed E-state index contributed by atoms with van der Waals surface area (Å²) in [6, 6.07) is 5.51. The van der Waals surface area contributed by atoms with Gasteiger partial charge in [-0.25, -0.2) is 0 Å². The minimum absolute atomic E-state index is 0.662. The van der Waals surface area contributed by atoms with Crippen LogP contribution in [0.25, 0.3) is 15.5 Å². The highest BCUT2D eigenvalue weighted by atomic mass is 32.1. The van der Waals surface area contributed by atoms with Crippen LogP contribution < -0.4 is 10.5 Å². The van der Waals surface area contributed by atoms with Crippen molar-refractivity contribution in [3.63, 3.8) is 0 Å². The fourth-order valence-electron chi connectivity index (χ4n) is 1.71. The van der Waals surface area contributed by atoms with E-state index in [1.165, 1.54) is 11.3 Å². The van der Waals surface area contributed by atoms with Gasteiger partial charge in [0.2, 0.25) is 4.96 Å². The highest BCUT2D eigenvalue weighted by Crippen LogP contribution is 2.34. The zero-order valence-corrected chi connectivity index (χ0v) is 10.7. The summed E-state index contributed by atoms with van der Waals surface area (Å²) < 4.78 is 7.04. The third-order valence-electron chi connectivity index (χ3n) is 2.60. The normalized spacial score (nSPS) is 11.0. The predicted molar refractivity (Wildman–Crippen MR) is 69.8 cm³/mol. The summed E-state index contributed by atoms with van der Waals surface area (Å²) in [5, 5.41) is 13.3. The Morgan fingerprint density at radius 3 is 2.89 bits per heavy atom. The highest BCUT2D eigenvalue weighted by molar-refractivity contribution is 7.19. The number of rotatable bonds is 2. The van der Waals surface area contributed by atoms with Crippen molar-refractivity contribution in [2.45, 2.75) is 6.92 Å². The van der Waals surface area contributed by atoms with Gasteiger partial charge in [-0.15, -0.1) is 10.2 Å². The molecule has 2 heterocycles. The molecule has 18 heavy (non-hydrogen) atoms. The van der Waals surface area contributed by atoms with Crippen LogP contribution in [0.5, 0.6) is 5.75 Å². The number of ether oxygens (including phenoxy) is 1. The molecule has 0 unspecified atom stereocenters. The topological polar surface area (TPSA) is 78.3 Å². The van der Waals surface area contributed by atoms with E-state index in [1.807, 2.05) is 19.1 Å². The number of aromatic nitrogens is 4. The first-order valence-electron chi connectivity index (χ1n) is 5.32. The van der Waals surface area contributed by atoms with Crippen LogP contribution in [0.3, 0.4) is 0 Å². The smallest absolute Gasteiger partial charge is 0.234 e. The number of nitrogens with two attached hydrogens (primary N) is 1. The molecule has 6 nitrogen and oxygen atoms in total. The minimum Gasteiger partial charge on any atom is -0.496 e. The molecule has 0 atom stereocenters.